The number of aryl methyl sites for hydroxylation is 1. The van der Waals surface area contributed by atoms with Gasteiger partial charge >= 0.3 is 0 Å². The normalized spacial score (nSPS) is 10.7. The molecule has 68 valence electrons. The molecule has 0 aliphatic heterocycles. The fraction of sp³-hybridized carbons (Fsp3) is 0.286. The molecule has 0 radical (unpaired) electrons. The van der Waals surface area contributed by atoms with Gasteiger partial charge in [-0.25, -0.2) is 4.98 Å². The Hall–Kier alpha value is -1.36. The Morgan fingerprint density at radius 2 is 2.23 bits per heavy atom. The highest BCUT2D eigenvalue weighted by molar-refractivity contribution is 6.28. The van der Waals surface area contributed by atoms with Crippen molar-refractivity contribution in [1.29, 1.82) is 0 Å². The van der Waals surface area contributed by atoms with E-state index in [0.29, 0.717) is 17.2 Å². The lowest BCUT2D eigenvalue weighted by atomic mass is 10.6. The van der Waals surface area contributed by atoms with Crippen molar-refractivity contribution < 1.29 is 4.74 Å². The van der Waals surface area contributed by atoms with Crippen molar-refractivity contribution in [3.63, 3.8) is 0 Å². The van der Waals surface area contributed by atoms with Crippen LogP contribution in [0.25, 0.3) is 11.2 Å². The Labute approximate surface area is 79.3 Å². The third-order valence-corrected chi connectivity index (χ3v) is 1.91. The lowest BCUT2D eigenvalue weighted by molar-refractivity contribution is 0.368. The van der Waals surface area contributed by atoms with E-state index in [-0.39, 0.29) is 5.28 Å². The first-order chi connectivity index (χ1) is 6.22. The Morgan fingerprint density at radius 3 is 2.92 bits per heavy atom. The number of fused-ring (bicyclic) bond motifs is 1. The van der Waals surface area contributed by atoms with E-state index >= 15 is 0 Å². The molecule has 0 unspecified atom stereocenters. The monoisotopic (exact) mass is 198 g/mol. The molecule has 0 aromatic carbocycles. The zero-order chi connectivity index (χ0) is 9.42. The minimum atomic E-state index is 0.207. The number of hydrogen-bond donors (Lipinski definition) is 0. The molecule has 5 nitrogen and oxygen atoms in total. The molecule has 0 spiro atoms. The molecular weight excluding hydrogens is 192 g/mol. The first-order valence-electron chi connectivity index (χ1n) is 3.61. The van der Waals surface area contributed by atoms with E-state index in [2.05, 4.69) is 15.0 Å². The smallest absolute Gasteiger partial charge is 0.298 e. The van der Waals surface area contributed by atoms with Crippen molar-refractivity contribution in [2.45, 2.75) is 0 Å². The van der Waals surface area contributed by atoms with E-state index in [4.69, 9.17) is 16.3 Å². The summed E-state index contributed by atoms with van der Waals surface area (Å²) < 4.78 is 6.72. The Balaban J connectivity index is 2.77. The number of ether oxygens (including phenoxy) is 1. The third kappa shape index (κ3) is 1.21. The minimum absolute atomic E-state index is 0.207. The summed E-state index contributed by atoms with van der Waals surface area (Å²) in [5.41, 5.74) is 1.33. The van der Waals surface area contributed by atoms with Crippen molar-refractivity contribution in [2.24, 2.45) is 7.05 Å². The highest BCUT2D eigenvalue weighted by Crippen LogP contribution is 2.17. The molecule has 13 heavy (non-hydrogen) atoms. The lowest BCUT2D eigenvalue weighted by Crippen LogP contribution is -1.95. The zero-order valence-corrected chi connectivity index (χ0v) is 7.91. The second-order valence-electron chi connectivity index (χ2n) is 2.51. The van der Waals surface area contributed by atoms with E-state index in [1.807, 2.05) is 0 Å². The summed E-state index contributed by atoms with van der Waals surface area (Å²) >= 11 is 5.64. The summed E-state index contributed by atoms with van der Waals surface area (Å²) in [6, 6.07) is 0.492. The van der Waals surface area contributed by atoms with Crippen LogP contribution in [0.3, 0.4) is 0 Å². The summed E-state index contributed by atoms with van der Waals surface area (Å²) in [6.07, 6.45) is 1.56. The highest BCUT2D eigenvalue weighted by atomic mass is 35.5. The first-order valence-corrected chi connectivity index (χ1v) is 3.99. The van der Waals surface area contributed by atoms with Crippen LogP contribution in [0.5, 0.6) is 6.01 Å². The van der Waals surface area contributed by atoms with Crippen LogP contribution in [0.2, 0.25) is 5.28 Å². The summed E-state index contributed by atoms with van der Waals surface area (Å²) in [7, 11) is 3.35. The molecule has 0 fully saturated rings. The summed E-state index contributed by atoms with van der Waals surface area (Å²) in [4.78, 5) is 12.0. The fourth-order valence-corrected chi connectivity index (χ4v) is 1.25. The second-order valence-corrected chi connectivity index (χ2v) is 2.84. The molecule has 2 heterocycles. The minimum Gasteiger partial charge on any atom is -0.468 e. The van der Waals surface area contributed by atoms with Gasteiger partial charge in [0.1, 0.15) is 5.52 Å². The van der Waals surface area contributed by atoms with Crippen LogP contribution in [0, 0.1) is 0 Å². The standard InChI is InChI=1S/C7H7ClN4O/c1-12-5-4(10-7(12)13-2)3-9-6(8)11-5/h3H,1-2H3. The second kappa shape index (κ2) is 2.85. The maximum absolute atomic E-state index is 5.64. The van der Waals surface area contributed by atoms with Crippen LogP contribution in [0.15, 0.2) is 6.20 Å². The average Bonchev–Trinajstić information content (AvgIpc) is 2.44. The van der Waals surface area contributed by atoms with Gasteiger partial charge in [-0.1, -0.05) is 0 Å². The van der Waals surface area contributed by atoms with Gasteiger partial charge in [0.2, 0.25) is 5.28 Å². The number of aromatic nitrogens is 4. The zero-order valence-electron chi connectivity index (χ0n) is 7.15. The molecule has 2 aromatic heterocycles. The molecule has 2 aromatic rings. The molecule has 0 saturated carbocycles. The predicted octanol–water partition coefficient (Wildman–Crippen LogP) is 1.03. The van der Waals surface area contributed by atoms with E-state index in [1.54, 1.807) is 24.9 Å². The van der Waals surface area contributed by atoms with Crippen molar-refractivity contribution in [2.75, 3.05) is 7.11 Å². The van der Waals surface area contributed by atoms with Crippen LogP contribution in [-0.4, -0.2) is 26.6 Å². The maximum Gasteiger partial charge on any atom is 0.298 e. The lowest BCUT2D eigenvalue weighted by Gasteiger charge is -1.97. The fourth-order valence-electron chi connectivity index (χ4n) is 1.12. The number of methoxy groups -OCH3 is 1. The Kier molecular flexibility index (Phi) is 1.81. The van der Waals surface area contributed by atoms with Gasteiger partial charge in [-0.2, -0.15) is 9.97 Å². The number of imidazole rings is 1. The van der Waals surface area contributed by atoms with Crippen molar-refractivity contribution in [1.82, 2.24) is 19.5 Å². The van der Waals surface area contributed by atoms with Gasteiger partial charge in [0.05, 0.1) is 13.3 Å². The summed E-state index contributed by atoms with van der Waals surface area (Å²) in [5.74, 6) is 0. The molecule has 6 heteroatoms. The van der Waals surface area contributed by atoms with E-state index in [0.717, 1.165) is 0 Å². The average molecular weight is 199 g/mol. The first kappa shape index (κ1) is 8.25. The van der Waals surface area contributed by atoms with Gasteiger partial charge in [0.15, 0.2) is 5.65 Å². The van der Waals surface area contributed by atoms with Crippen molar-refractivity contribution in [3.05, 3.63) is 11.5 Å². The van der Waals surface area contributed by atoms with Crippen molar-refractivity contribution in [3.8, 4) is 6.01 Å². The number of hydrogen-bond acceptors (Lipinski definition) is 4. The van der Waals surface area contributed by atoms with Crippen LogP contribution >= 0.6 is 11.6 Å². The SMILES string of the molecule is COc1nc2cnc(Cl)nc2n1C. The molecule has 2 rings (SSSR count). The molecular formula is C7H7ClN4O. The van der Waals surface area contributed by atoms with Gasteiger partial charge in [-0.05, 0) is 11.6 Å². The predicted molar refractivity (Wildman–Crippen MR) is 47.9 cm³/mol. The summed E-state index contributed by atoms with van der Waals surface area (Å²) in [5, 5.41) is 0.207. The van der Waals surface area contributed by atoms with Crippen LogP contribution < -0.4 is 4.74 Å². The van der Waals surface area contributed by atoms with E-state index in [9.17, 15) is 0 Å². The number of nitrogens with zero attached hydrogens (tertiary/aromatic N) is 4. The van der Waals surface area contributed by atoms with Gasteiger partial charge in [0, 0.05) is 7.05 Å². The maximum atomic E-state index is 5.64. The van der Waals surface area contributed by atoms with Crippen LogP contribution in [0.1, 0.15) is 0 Å². The van der Waals surface area contributed by atoms with Gasteiger partial charge in [-0.15, -0.1) is 0 Å². The van der Waals surface area contributed by atoms with E-state index in [1.165, 1.54) is 0 Å². The third-order valence-electron chi connectivity index (χ3n) is 1.72. The van der Waals surface area contributed by atoms with Gasteiger partial charge in [0.25, 0.3) is 6.01 Å². The largest absolute Gasteiger partial charge is 0.468 e. The Bertz CT molecular complexity index is 453. The van der Waals surface area contributed by atoms with Gasteiger partial charge in [-0.3, -0.25) is 4.57 Å². The summed E-state index contributed by atoms with van der Waals surface area (Å²) in [6.45, 7) is 0. The van der Waals surface area contributed by atoms with E-state index < -0.39 is 0 Å². The number of rotatable bonds is 1. The van der Waals surface area contributed by atoms with Crippen LogP contribution in [-0.2, 0) is 7.05 Å². The molecule has 0 atom stereocenters. The molecule has 0 amide bonds. The molecule has 0 aliphatic rings. The Morgan fingerprint density at radius 1 is 1.46 bits per heavy atom. The molecule has 0 N–H and O–H groups in total. The molecule has 0 bridgehead atoms. The van der Waals surface area contributed by atoms with Crippen molar-refractivity contribution >= 4 is 22.8 Å². The topological polar surface area (TPSA) is 52.8 Å². The van der Waals surface area contributed by atoms with Gasteiger partial charge < -0.3 is 4.74 Å². The number of halogens is 1. The van der Waals surface area contributed by atoms with Crippen LogP contribution in [0.4, 0.5) is 0 Å². The molecule has 0 aliphatic carbocycles. The quantitative estimate of drug-likeness (QED) is 0.643. The molecule has 0 saturated heterocycles. The highest BCUT2D eigenvalue weighted by Gasteiger charge is 2.09.